The van der Waals surface area contributed by atoms with Crippen LogP contribution in [0.1, 0.15) is 0 Å². The van der Waals surface area contributed by atoms with Gasteiger partial charge in [-0.2, -0.15) is 0 Å². The Labute approximate surface area is 235 Å². The number of rotatable bonds is 6. The zero-order valence-corrected chi connectivity index (χ0v) is 22.6. The summed E-state index contributed by atoms with van der Waals surface area (Å²) in [6, 6.07) is 30.9. The van der Waals surface area contributed by atoms with Crippen LogP contribution in [-0.2, 0) is 0 Å². The van der Waals surface area contributed by atoms with Gasteiger partial charge in [0.1, 0.15) is 16.5 Å². The zero-order valence-electron chi connectivity index (χ0n) is 20.0. The van der Waals surface area contributed by atoms with Crippen LogP contribution >= 0.6 is 37.9 Å². The van der Waals surface area contributed by atoms with E-state index in [1.54, 1.807) is 0 Å². The van der Waals surface area contributed by atoms with Crippen molar-refractivity contribution in [3.8, 4) is 0 Å². The zero-order chi connectivity index (χ0) is 25.4. The molecule has 3 unspecified atom stereocenters. The van der Waals surface area contributed by atoms with Crippen LogP contribution in [0.4, 0.5) is 17.1 Å². The minimum absolute atomic E-state index is 0.230. The van der Waals surface area contributed by atoms with Crippen LogP contribution in [0.5, 0.6) is 0 Å². The van der Waals surface area contributed by atoms with Crippen molar-refractivity contribution in [1.82, 2.24) is 14.4 Å². The Morgan fingerprint density at radius 1 is 0.405 bits per heavy atom. The summed E-state index contributed by atoms with van der Waals surface area (Å²) in [7, 11) is -0.257. The Morgan fingerprint density at radius 3 is 0.946 bits per heavy atom. The van der Waals surface area contributed by atoms with Crippen molar-refractivity contribution in [2.45, 2.75) is 16.5 Å². The molecule has 37 heavy (non-hydrogen) atoms. The van der Waals surface area contributed by atoms with Gasteiger partial charge in [-0.1, -0.05) is 54.6 Å². The topological polar surface area (TPSA) is 19.4 Å². The van der Waals surface area contributed by atoms with Gasteiger partial charge in [0.2, 0.25) is 0 Å². The summed E-state index contributed by atoms with van der Waals surface area (Å²) in [5.74, 6) is 0. The van der Waals surface area contributed by atoms with Gasteiger partial charge in [0.25, 0.3) is 0 Å². The molecule has 3 atom stereocenters. The second-order valence-electron chi connectivity index (χ2n) is 8.85. The number of benzene rings is 3. The van der Waals surface area contributed by atoms with E-state index in [-0.39, 0.29) is 23.6 Å². The predicted octanol–water partition coefficient (Wildman–Crippen LogP) is 5.49. The first-order valence-corrected chi connectivity index (χ1v) is 13.6. The van der Waals surface area contributed by atoms with Gasteiger partial charge in [-0.05, 0) is 36.4 Å². The fourth-order valence-corrected chi connectivity index (χ4v) is 6.07. The van der Waals surface area contributed by atoms with E-state index in [1.165, 1.54) is 0 Å². The standard InChI is InChI=1S/C27H27BN6S3/c35-25-29(22-10-4-1-5-11-22)16-19-32(25)28(33-20-17-30(26(33)36)23-12-6-2-7-13-23)34-21-18-31(27(34)37)24-14-8-3-9-15-24/h1-21,25-27,35-37H. The highest BCUT2D eigenvalue weighted by atomic mass is 32.1. The summed E-state index contributed by atoms with van der Waals surface area (Å²) in [4.78, 5) is 13.1. The van der Waals surface area contributed by atoms with Crippen molar-refractivity contribution < 1.29 is 0 Å². The number of anilines is 3. The molecule has 3 aromatic rings. The van der Waals surface area contributed by atoms with Crippen LogP contribution in [0.2, 0.25) is 0 Å². The molecule has 3 aromatic carbocycles. The lowest BCUT2D eigenvalue weighted by molar-refractivity contribution is 0.385. The van der Waals surface area contributed by atoms with Crippen molar-refractivity contribution in [2.24, 2.45) is 0 Å². The molecule has 0 radical (unpaired) electrons. The molecule has 0 N–H and O–H groups in total. The van der Waals surface area contributed by atoms with Gasteiger partial charge < -0.3 is 29.1 Å². The van der Waals surface area contributed by atoms with E-state index in [4.69, 9.17) is 37.9 Å². The predicted molar refractivity (Wildman–Crippen MR) is 164 cm³/mol. The molecule has 3 heterocycles. The number of hydrogen-bond donors (Lipinski definition) is 3. The van der Waals surface area contributed by atoms with E-state index in [1.807, 2.05) is 54.6 Å². The Balaban J connectivity index is 1.33. The first-order chi connectivity index (χ1) is 18.1. The summed E-state index contributed by atoms with van der Waals surface area (Å²) < 4.78 is 0. The maximum Gasteiger partial charge on any atom is 0.510 e. The Morgan fingerprint density at radius 2 is 0.676 bits per heavy atom. The van der Waals surface area contributed by atoms with Crippen LogP contribution < -0.4 is 14.7 Å². The lowest BCUT2D eigenvalue weighted by atomic mass is 9.85. The SMILES string of the molecule is SC1N(B(N2C=CN(c3ccccc3)C2S)N2C=CN(c3ccccc3)C2S)C=CN1c1ccccc1. The molecule has 0 spiro atoms. The monoisotopic (exact) mass is 542 g/mol. The van der Waals surface area contributed by atoms with Crippen molar-refractivity contribution in [3.05, 3.63) is 128 Å². The van der Waals surface area contributed by atoms with Crippen LogP contribution in [0, 0.1) is 0 Å². The van der Waals surface area contributed by atoms with Crippen molar-refractivity contribution >= 4 is 62.1 Å². The smallest absolute Gasteiger partial charge is 0.352 e. The molecule has 10 heteroatoms. The highest BCUT2D eigenvalue weighted by Crippen LogP contribution is 2.36. The minimum Gasteiger partial charge on any atom is -0.352 e. The summed E-state index contributed by atoms with van der Waals surface area (Å²) in [6.45, 7) is 0. The third kappa shape index (κ3) is 4.43. The van der Waals surface area contributed by atoms with E-state index in [9.17, 15) is 0 Å². The van der Waals surface area contributed by atoms with E-state index in [0.29, 0.717) is 0 Å². The fraction of sp³-hybridized carbons (Fsp3) is 0.111. The molecule has 0 saturated heterocycles. The first kappa shape index (κ1) is 24.1. The van der Waals surface area contributed by atoms with Gasteiger partial charge in [-0.25, -0.2) is 0 Å². The maximum absolute atomic E-state index is 5.07. The summed E-state index contributed by atoms with van der Waals surface area (Å²) in [6.07, 6.45) is 12.5. The summed E-state index contributed by atoms with van der Waals surface area (Å²) in [5, 5.41) is 0. The van der Waals surface area contributed by atoms with Gasteiger partial charge in [0.05, 0.1) is 0 Å². The molecule has 0 bridgehead atoms. The maximum atomic E-state index is 5.07. The molecule has 0 fully saturated rings. The Kier molecular flexibility index (Phi) is 6.71. The van der Waals surface area contributed by atoms with Gasteiger partial charge in [0, 0.05) is 54.3 Å². The van der Waals surface area contributed by atoms with Crippen LogP contribution in [0.3, 0.4) is 0 Å². The van der Waals surface area contributed by atoms with Gasteiger partial charge in [0.15, 0.2) is 0 Å². The van der Waals surface area contributed by atoms with E-state index in [2.05, 4.69) is 103 Å². The molecule has 3 aliphatic rings. The third-order valence-electron chi connectivity index (χ3n) is 6.71. The van der Waals surface area contributed by atoms with Crippen LogP contribution in [-0.4, -0.2) is 38.0 Å². The molecule has 3 aliphatic heterocycles. The molecule has 0 aromatic heterocycles. The molecular weight excluding hydrogens is 515 g/mol. The first-order valence-electron chi connectivity index (χ1n) is 12.1. The number of hydrogen-bond acceptors (Lipinski definition) is 9. The van der Waals surface area contributed by atoms with E-state index >= 15 is 0 Å². The normalized spacial score (nSPS) is 22.6. The number of thiol groups is 3. The molecule has 6 nitrogen and oxygen atoms in total. The lowest BCUT2D eigenvalue weighted by Crippen LogP contribution is -2.64. The molecule has 186 valence electrons. The van der Waals surface area contributed by atoms with Crippen molar-refractivity contribution in [1.29, 1.82) is 0 Å². The molecule has 6 rings (SSSR count). The number of nitrogens with zero attached hydrogens (tertiary/aromatic N) is 6. The second-order valence-corrected chi connectivity index (χ2v) is 10.2. The Hall–Kier alpha value is -3.21. The average Bonchev–Trinajstić information content (AvgIpc) is 3.64. The van der Waals surface area contributed by atoms with Crippen LogP contribution in [0.15, 0.2) is 128 Å². The van der Waals surface area contributed by atoms with Crippen molar-refractivity contribution in [3.63, 3.8) is 0 Å². The largest absolute Gasteiger partial charge is 0.510 e. The highest BCUT2D eigenvalue weighted by Gasteiger charge is 2.48. The van der Waals surface area contributed by atoms with Crippen molar-refractivity contribution in [2.75, 3.05) is 14.7 Å². The average molecular weight is 543 g/mol. The quantitative estimate of drug-likeness (QED) is 0.281. The highest BCUT2D eigenvalue weighted by molar-refractivity contribution is 7.81. The molecule has 0 saturated carbocycles. The van der Waals surface area contributed by atoms with Gasteiger partial charge in [-0.3, -0.25) is 0 Å². The molecular formula is C27H27BN6S3. The fourth-order valence-electron chi connectivity index (χ4n) is 4.85. The number of para-hydroxylation sites is 3. The minimum atomic E-state index is -0.257. The molecule has 0 amide bonds. The van der Waals surface area contributed by atoms with E-state index in [0.717, 1.165) is 17.1 Å². The summed E-state index contributed by atoms with van der Waals surface area (Å²) in [5.41, 5.74) is 2.55. The Bertz CT molecular complexity index is 1130. The van der Waals surface area contributed by atoms with E-state index < -0.39 is 0 Å². The van der Waals surface area contributed by atoms with Gasteiger partial charge in [-0.15, -0.1) is 37.9 Å². The summed E-state index contributed by atoms with van der Waals surface area (Å²) >= 11 is 15.2. The lowest BCUT2D eigenvalue weighted by Gasteiger charge is -2.44. The third-order valence-corrected chi connectivity index (χ3v) is 8.25. The van der Waals surface area contributed by atoms with Crippen LogP contribution in [0.25, 0.3) is 0 Å². The molecule has 0 aliphatic carbocycles. The second kappa shape index (κ2) is 10.3. The van der Waals surface area contributed by atoms with Gasteiger partial charge >= 0.3 is 7.12 Å².